The smallest absolute Gasteiger partial charge is 0.123 e. The molecular formula is C8H7FS. The van der Waals surface area contributed by atoms with Crippen LogP contribution in [0.1, 0.15) is 11.1 Å². The van der Waals surface area contributed by atoms with Crippen molar-refractivity contribution in [3.63, 3.8) is 0 Å². The van der Waals surface area contributed by atoms with Gasteiger partial charge in [0.2, 0.25) is 0 Å². The van der Waals surface area contributed by atoms with E-state index in [1.807, 2.05) is 6.92 Å². The van der Waals surface area contributed by atoms with Gasteiger partial charge in [-0.25, -0.2) is 4.39 Å². The highest BCUT2D eigenvalue weighted by Gasteiger charge is 1.94. The molecule has 0 aromatic heterocycles. The van der Waals surface area contributed by atoms with Crippen LogP contribution in [-0.4, -0.2) is 5.37 Å². The van der Waals surface area contributed by atoms with Crippen molar-refractivity contribution >= 4 is 17.6 Å². The Morgan fingerprint density at radius 3 is 2.70 bits per heavy atom. The van der Waals surface area contributed by atoms with E-state index in [0.717, 1.165) is 11.1 Å². The molecule has 0 nitrogen and oxygen atoms in total. The summed E-state index contributed by atoms with van der Waals surface area (Å²) in [6.07, 6.45) is 0. The average molecular weight is 154 g/mol. The molecule has 1 aromatic carbocycles. The monoisotopic (exact) mass is 154 g/mol. The maximum atomic E-state index is 12.4. The lowest BCUT2D eigenvalue weighted by Gasteiger charge is -1.96. The maximum absolute atomic E-state index is 12.4. The van der Waals surface area contributed by atoms with E-state index in [0.29, 0.717) is 0 Å². The van der Waals surface area contributed by atoms with Gasteiger partial charge < -0.3 is 0 Å². The molecule has 1 aromatic rings. The van der Waals surface area contributed by atoms with Gasteiger partial charge in [0, 0.05) is 5.37 Å². The number of thiocarbonyl (C=S) groups is 1. The van der Waals surface area contributed by atoms with Gasteiger partial charge in [0.1, 0.15) is 5.82 Å². The molecule has 0 unspecified atom stereocenters. The van der Waals surface area contributed by atoms with Crippen molar-refractivity contribution in [1.82, 2.24) is 0 Å². The molecule has 0 bridgehead atoms. The Balaban J connectivity index is 3.19. The Kier molecular flexibility index (Phi) is 2.12. The van der Waals surface area contributed by atoms with Gasteiger partial charge in [-0.05, 0) is 30.2 Å². The van der Waals surface area contributed by atoms with E-state index in [4.69, 9.17) is 12.2 Å². The zero-order valence-corrected chi connectivity index (χ0v) is 6.41. The lowest BCUT2D eigenvalue weighted by atomic mass is 10.1. The molecule has 2 heteroatoms. The molecule has 1 rings (SSSR count). The summed E-state index contributed by atoms with van der Waals surface area (Å²) in [5.41, 5.74) is 1.80. The molecule has 0 amide bonds. The van der Waals surface area contributed by atoms with Crippen LogP contribution in [0.4, 0.5) is 4.39 Å². The first kappa shape index (κ1) is 7.35. The van der Waals surface area contributed by atoms with Crippen molar-refractivity contribution in [2.45, 2.75) is 6.92 Å². The zero-order valence-electron chi connectivity index (χ0n) is 5.60. The number of halogens is 1. The van der Waals surface area contributed by atoms with Gasteiger partial charge in [-0.2, -0.15) is 0 Å². The third kappa shape index (κ3) is 1.39. The predicted molar refractivity (Wildman–Crippen MR) is 43.9 cm³/mol. The molecule has 0 fully saturated rings. The fourth-order valence-corrected chi connectivity index (χ4v) is 1.04. The number of rotatable bonds is 1. The minimum atomic E-state index is -0.210. The van der Waals surface area contributed by atoms with Crippen molar-refractivity contribution in [2.24, 2.45) is 0 Å². The van der Waals surface area contributed by atoms with E-state index in [9.17, 15) is 4.39 Å². The van der Waals surface area contributed by atoms with Crippen LogP contribution >= 0.6 is 12.2 Å². The van der Waals surface area contributed by atoms with Crippen molar-refractivity contribution in [3.8, 4) is 0 Å². The lowest BCUT2D eigenvalue weighted by Crippen LogP contribution is -1.85. The Morgan fingerprint density at radius 1 is 1.50 bits per heavy atom. The van der Waals surface area contributed by atoms with Crippen LogP contribution in [0.5, 0.6) is 0 Å². The first-order chi connectivity index (χ1) is 4.74. The average Bonchev–Trinajstić information content (AvgIpc) is 1.88. The molecule has 0 aliphatic carbocycles. The van der Waals surface area contributed by atoms with Crippen LogP contribution < -0.4 is 0 Å². The standard InChI is InChI=1S/C8H7FS/c1-6-4-8(9)3-2-7(6)5-10/h2-5H,1H3. The van der Waals surface area contributed by atoms with E-state index >= 15 is 0 Å². The fourth-order valence-electron chi connectivity index (χ4n) is 0.771. The summed E-state index contributed by atoms with van der Waals surface area (Å²) >= 11 is 4.70. The molecule has 0 saturated carbocycles. The quantitative estimate of drug-likeness (QED) is 0.560. The van der Waals surface area contributed by atoms with Gasteiger partial charge in [0.15, 0.2) is 0 Å². The molecule has 0 saturated heterocycles. The number of aryl methyl sites for hydroxylation is 1. The highest BCUT2D eigenvalue weighted by molar-refractivity contribution is 7.79. The molecule has 10 heavy (non-hydrogen) atoms. The van der Waals surface area contributed by atoms with E-state index in [2.05, 4.69) is 0 Å². The summed E-state index contributed by atoms with van der Waals surface area (Å²) < 4.78 is 12.4. The minimum absolute atomic E-state index is 0.210. The van der Waals surface area contributed by atoms with Gasteiger partial charge in [-0.3, -0.25) is 0 Å². The van der Waals surface area contributed by atoms with Gasteiger partial charge in [0.05, 0.1) is 0 Å². The first-order valence-electron chi connectivity index (χ1n) is 2.95. The topological polar surface area (TPSA) is 0 Å². The van der Waals surface area contributed by atoms with Crippen LogP contribution in [0.25, 0.3) is 0 Å². The molecule has 0 radical (unpaired) electrons. The maximum Gasteiger partial charge on any atom is 0.123 e. The Bertz CT molecular complexity index is 255. The highest BCUT2D eigenvalue weighted by atomic mass is 32.1. The van der Waals surface area contributed by atoms with Crippen LogP contribution in [0.3, 0.4) is 0 Å². The first-order valence-corrected chi connectivity index (χ1v) is 3.42. The predicted octanol–water partition coefficient (Wildman–Crippen LogP) is 2.48. The molecule has 0 spiro atoms. The molecular weight excluding hydrogens is 147 g/mol. The van der Waals surface area contributed by atoms with Crippen molar-refractivity contribution < 1.29 is 4.39 Å². The van der Waals surface area contributed by atoms with Gasteiger partial charge in [-0.15, -0.1) is 0 Å². The summed E-state index contributed by atoms with van der Waals surface area (Å²) in [5, 5.41) is 1.55. The van der Waals surface area contributed by atoms with E-state index < -0.39 is 0 Å². The molecule has 0 aliphatic rings. The Labute approximate surface area is 64.7 Å². The third-order valence-corrected chi connectivity index (χ3v) is 1.61. The van der Waals surface area contributed by atoms with Crippen molar-refractivity contribution in [2.75, 3.05) is 0 Å². The molecule has 0 aliphatic heterocycles. The summed E-state index contributed by atoms with van der Waals surface area (Å²) in [6.45, 7) is 1.83. The second kappa shape index (κ2) is 2.88. The summed E-state index contributed by atoms with van der Waals surface area (Å²) in [7, 11) is 0. The largest absolute Gasteiger partial charge is 0.207 e. The van der Waals surface area contributed by atoms with Crippen LogP contribution in [0.15, 0.2) is 18.2 Å². The van der Waals surface area contributed by atoms with E-state index in [-0.39, 0.29) is 5.82 Å². The Hall–Kier alpha value is -0.760. The Morgan fingerprint density at radius 2 is 2.20 bits per heavy atom. The molecule has 0 atom stereocenters. The summed E-state index contributed by atoms with van der Waals surface area (Å²) in [5.74, 6) is -0.210. The summed E-state index contributed by atoms with van der Waals surface area (Å²) in [6, 6.07) is 4.56. The molecule has 0 heterocycles. The highest BCUT2D eigenvalue weighted by Crippen LogP contribution is 2.07. The van der Waals surface area contributed by atoms with Crippen LogP contribution in [0, 0.1) is 12.7 Å². The van der Waals surface area contributed by atoms with E-state index in [1.54, 1.807) is 11.4 Å². The lowest BCUT2D eigenvalue weighted by molar-refractivity contribution is 0.626. The second-order valence-electron chi connectivity index (χ2n) is 2.12. The summed E-state index contributed by atoms with van der Waals surface area (Å²) in [4.78, 5) is 0. The molecule has 52 valence electrons. The van der Waals surface area contributed by atoms with Gasteiger partial charge in [0.25, 0.3) is 0 Å². The minimum Gasteiger partial charge on any atom is -0.207 e. The zero-order chi connectivity index (χ0) is 7.56. The number of hydrogen-bond acceptors (Lipinski definition) is 1. The van der Waals surface area contributed by atoms with E-state index in [1.165, 1.54) is 12.1 Å². The normalized spacial score (nSPS) is 9.40. The van der Waals surface area contributed by atoms with Gasteiger partial charge >= 0.3 is 0 Å². The molecule has 0 N–H and O–H groups in total. The van der Waals surface area contributed by atoms with Crippen LogP contribution in [-0.2, 0) is 0 Å². The number of benzene rings is 1. The SMILES string of the molecule is Cc1cc(F)ccc1C=S. The van der Waals surface area contributed by atoms with Crippen molar-refractivity contribution in [1.29, 1.82) is 0 Å². The second-order valence-corrected chi connectivity index (χ2v) is 2.35. The third-order valence-electron chi connectivity index (χ3n) is 1.36. The van der Waals surface area contributed by atoms with Crippen molar-refractivity contribution in [3.05, 3.63) is 35.1 Å². The number of hydrogen-bond donors (Lipinski definition) is 0. The fraction of sp³-hybridized carbons (Fsp3) is 0.125. The van der Waals surface area contributed by atoms with Crippen LogP contribution in [0.2, 0.25) is 0 Å². The van der Waals surface area contributed by atoms with Gasteiger partial charge in [-0.1, -0.05) is 18.3 Å².